The van der Waals surface area contributed by atoms with Crippen LogP contribution in [0.1, 0.15) is 11.1 Å². The highest BCUT2D eigenvalue weighted by Crippen LogP contribution is 2.38. The molecule has 3 heteroatoms. The Morgan fingerprint density at radius 2 is 0.562 bits per heavy atom. The van der Waals surface area contributed by atoms with E-state index < -0.39 is 0 Å². The van der Waals surface area contributed by atoms with Gasteiger partial charge in [-0.05, 0) is 108 Å². The highest BCUT2D eigenvalue weighted by atomic mass is 15.1. The van der Waals surface area contributed by atoms with Gasteiger partial charge in [0.25, 0.3) is 0 Å². The molecule has 0 atom stereocenters. The normalized spacial score (nSPS) is 11.4. The van der Waals surface area contributed by atoms with Gasteiger partial charge in [-0.2, -0.15) is 0 Å². The Balaban J connectivity index is 0.000000120. The molecule has 0 amide bonds. The Morgan fingerprint density at radius 3 is 0.922 bits per heavy atom. The SMILES string of the molecule is c1cc(-n2c3ccccc3c3ccccc32)cc(-n2c3ccccc3c3ccccc32)c1.c1ccc(N(c2ccccc2)c2ccccc2)cc1.c1ccc2c(c1)Cc1ccccc1-2. The molecule has 1 aliphatic carbocycles. The molecule has 2 aromatic heterocycles. The number of rotatable bonds is 5. The van der Waals surface area contributed by atoms with Gasteiger partial charge in [-0.3, -0.25) is 0 Å². The second-order valence-electron chi connectivity index (χ2n) is 16.1. The number of benzene rings is 10. The van der Waals surface area contributed by atoms with Gasteiger partial charge in [-0.15, -0.1) is 0 Å². The van der Waals surface area contributed by atoms with Crippen molar-refractivity contribution in [3.05, 3.63) is 272 Å². The van der Waals surface area contributed by atoms with Gasteiger partial charge in [-0.25, -0.2) is 0 Å². The third kappa shape index (κ3) is 7.19. The van der Waals surface area contributed by atoms with Crippen molar-refractivity contribution in [1.29, 1.82) is 0 Å². The molecule has 0 spiro atoms. The third-order valence-electron chi connectivity index (χ3n) is 12.3. The second-order valence-corrected chi connectivity index (χ2v) is 16.1. The minimum atomic E-state index is 1.10. The fourth-order valence-corrected chi connectivity index (χ4v) is 9.43. The Labute approximate surface area is 374 Å². The average Bonchev–Trinajstić information content (AvgIpc) is 4.04. The molecular formula is C61H45N3. The minimum absolute atomic E-state index is 1.10. The summed E-state index contributed by atoms with van der Waals surface area (Å²) in [5.74, 6) is 0. The average molecular weight is 820 g/mol. The van der Waals surface area contributed by atoms with Gasteiger partial charge in [0.15, 0.2) is 0 Å². The summed E-state index contributed by atoms with van der Waals surface area (Å²) in [6.45, 7) is 0. The lowest BCUT2D eigenvalue weighted by Crippen LogP contribution is -2.09. The van der Waals surface area contributed by atoms with E-state index in [-0.39, 0.29) is 0 Å². The number of fused-ring (bicyclic) bond motifs is 9. The van der Waals surface area contributed by atoms with Crippen molar-refractivity contribution in [3.8, 4) is 22.5 Å². The summed E-state index contributed by atoms with van der Waals surface area (Å²) in [6.07, 6.45) is 1.10. The van der Waals surface area contributed by atoms with Crippen molar-refractivity contribution in [3.63, 3.8) is 0 Å². The van der Waals surface area contributed by atoms with Gasteiger partial charge in [0.05, 0.1) is 22.1 Å². The van der Waals surface area contributed by atoms with Gasteiger partial charge < -0.3 is 14.0 Å². The van der Waals surface area contributed by atoms with Crippen LogP contribution < -0.4 is 4.90 Å². The highest BCUT2D eigenvalue weighted by Gasteiger charge is 2.17. The van der Waals surface area contributed by atoms with Crippen LogP contribution in [-0.2, 0) is 6.42 Å². The zero-order chi connectivity index (χ0) is 42.7. The van der Waals surface area contributed by atoms with E-state index in [9.17, 15) is 0 Å². The van der Waals surface area contributed by atoms with Crippen LogP contribution in [-0.4, -0.2) is 9.13 Å². The van der Waals surface area contributed by atoms with Gasteiger partial charge >= 0.3 is 0 Å². The number of hydrogen-bond acceptors (Lipinski definition) is 1. The standard InChI is InChI=1S/C30H20N2.C18H15N.C13H10/c1-5-16-27-23(12-1)24-13-2-6-17-28(24)31(27)21-10-9-11-22(20-21)32-29-18-7-3-14-25(29)26-15-4-8-19-30(26)32;1-4-10-16(11-5-1)19(17-12-6-2-7-13-17)18-14-8-3-9-15-18;1-3-7-12-10(5-1)9-11-6-2-4-8-13(11)12/h1-20H;1-15H;1-8H,9H2. The Hall–Kier alpha value is -8.40. The largest absolute Gasteiger partial charge is 0.311 e. The minimum Gasteiger partial charge on any atom is -0.311 e. The Bertz CT molecular complexity index is 3160. The fraction of sp³-hybridized carbons (Fsp3) is 0.0164. The van der Waals surface area contributed by atoms with Crippen molar-refractivity contribution in [2.45, 2.75) is 6.42 Å². The number of anilines is 3. The maximum Gasteiger partial charge on any atom is 0.0541 e. The molecular weight excluding hydrogens is 775 g/mol. The monoisotopic (exact) mass is 819 g/mol. The molecule has 12 aromatic rings. The summed E-state index contributed by atoms with van der Waals surface area (Å²) in [4.78, 5) is 2.25. The molecule has 0 radical (unpaired) electrons. The summed E-state index contributed by atoms with van der Waals surface area (Å²) in [5.41, 5.74) is 16.5. The summed E-state index contributed by atoms with van der Waals surface area (Å²) in [6, 6.07) is 92.1. The number of hydrogen-bond donors (Lipinski definition) is 0. The molecule has 2 heterocycles. The lowest BCUT2D eigenvalue weighted by atomic mass is 10.1. The fourth-order valence-electron chi connectivity index (χ4n) is 9.43. The number of para-hydroxylation sites is 7. The van der Waals surface area contributed by atoms with Crippen LogP contribution in [0.2, 0.25) is 0 Å². The molecule has 1 aliphatic rings. The molecule has 0 aliphatic heterocycles. The van der Waals surface area contributed by atoms with Gasteiger partial charge in [0.1, 0.15) is 0 Å². The second kappa shape index (κ2) is 17.2. The van der Waals surface area contributed by atoms with E-state index in [1.54, 1.807) is 0 Å². The van der Waals surface area contributed by atoms with Gasteiger partial charge in [0, 0.05) is 50.0 Å². The van der Waals surface area contributed by atoms with E-state index in [0.29, 0.717) is 0 Å². The summed E-state index contributed by atoms with van der Waals surface area (Å²) >= 11 is 0. The molecule has 0 saturated carbocycles. The molecule has 0 N–H and O–H groups in total. The van der Waals surface area contributed by atoms with Crippen LogP contribution in [0.4, 0.5) is 17.1 Å². The van der Waals surface area contributed by atoms with Crippen molar-refractivity contribution < 1.29 is 0 Å². The molecule has 0 unspecified atom stereocenters. The maximum absolute atomic E-state index is 2.38. The van der Waals surface area contributed by atoms with Crippen LogP contribution in [0.15, 0.2) is 261 Å². The lowest BCUT2D eigenvalue weighted by Gasteiger charge is -2.25. The predicted molar refractivity (Wildman–Crippen MR) is 271 cm³/mol. The Morgan fingerprint density at radius 1 is 0.266 bits per heavy atom. The van der Waals surface area contributed by atoms with Crippen LogP contribution in [0.5, 0.6) is 0 Å². The molecule has 64 heavy (non-hydrogen) atoms. The molecule has 3 nitrogen and oxygen atoms in total. The number of nitrogens with zero attached hydrogens (tertiary/aromatic N) is 3. The van der Waals surface area contributed by atoms with E-state index in [0.717, 1.165) is 6.42 Å². The van der Waals surface area contributed by atoms with E-state index in [1.165, 1.54) is 94.3 Å². The highest BCUT2D eigenvalue weighted by molar-refractivity contribution is 6.10. The first-order valence-electron chi connectivity index (χ1n) is 22.0. The van der Waals surface area contributed by atoms with Crippen molar-refractivity contribution in [2.24, 2.45) is 0 Å². The van der Waals surface area contributed by atoms with Crippen molar-refractivity contribution in [2.75, 3.05) is 4.90 Å². The molecule has 0 bridgehead atoms. The van der Waals surface area contributed by atoms with Crippen molar-refractivity contribution >= 4 is 60.7 Å². The summed E-state index contributed by atoms with van der Waals surface area (Å²) in [5, 5.41) is 5.13. The quantitative estimate of drug-likeness (QED) is 0.169. The number of aromatic nitrogens is 2. The van der Waals surface area contributed by atoms with E-state index in [4.69, 9.17) is 0 Å². The van der Waals surface area contributed by atoms with Crippen LogP contribution in [0.25, 0.3) is 66.1 Å². The third-order valence-corrected chi connectivity index (χ3v) is 12.3. The maximum atomic E-state index is 2.38. The first-order valence-corrected chi connectivity index (χ1v) is 22.0. The topological polar surface area (TPSA) is 13.1 Å². The predicted octanol–water partition coefficient (Wildman–Crippen LogP) is 16.3. The van der Waals surface area contributed by atoms with Crippen LogP contribution in [0.3, 0.4) is 0 Å². The first-order chi connectivity index (χ1) is 31.8. The smallest absolute Gasteiger partial charge is 0.0541 e. The summed E-state index contributed by atoms with van der Waals surface area (Å²) in [7, 11) is 0. The van der Waals surface area contributed by atoms with E-state index >= 15 is 0 Å². The van der Waals surface area contributed by atoms with Gasteiger partial charge in [0.2, 0.25) is 0 Å². The molecule has 10 aromatic carbocycles. The zero-order valence-electron chi connectivity index (χ0n) is 35.4. The zero-order valence-corrected chi connectivity index (χ0v) is 35.4. The summed E-state index contributed by atoms with van der Waals surface area (Å²) < 4.78 is 4.75. The van der Waals surface area contributed by atoms with Crippen molar-refractivity contribution in [1.82, 2.24) is 9.13 Å². The van der Waals surface area contributed by atoms with E-state index in [1.807, 2.05) is 18.2 Å². The van der Waals surface area contributed by atoms with Crippen LogP contribution in [0, 0.1) is 0 Å². The lowest BCUT2D eigenvalue weighted by molar-refractivity contribution is 1.13. The molecule has 0 saturated heterocycles. The molecule has 13 rings (SSSR count). The van der Waals surface area contributed by atoms with E-state index in [2.05, 4.69) is 257 Å². The van der Waals surface area contributed by atoms with Gasteiger partial charge in [-0.1, -0.05) is 182 Å². The Kier molecular flexibility index (Phi) is 10.3. The van der Waals surface area contributed by atoms with Crippen LogP contribution >= 0.6 is 0 Å². The first kappa shape index (κ1) is 38.5. The molecule has 304 valence electrons. The molecule has 0 fully saturated rings.